The molecule has 0 aliphatic carbocycles. The van der Waals surface area contributed by atoms with Crippen molar-refractivity contribution >= 4 is 0 Å². The van der Waals surface area contributed by atoms with E-state index in [-0.39, 0.29) is 5.82 Å². The van der Waals surface area contributed by atoms with Gasteiger partial charge in [-0.15, -0.1) is 0 Å². The van der Waals surface area contributed by atoms with Gasteiger partial charge in [-0.25, -0.2) is 13.2 Å². The topological polar surface area (TPSA) is 26.0 Å². The Hall–Kier alpha value is -1.03. The molecule has 1 nitrogen and oxygen atoms in total. The summed E-state index contributed by atoms with van der Waals surface area (Å²) in [4.78, 5) is 0. The molecule has 2 N–H and O–H groups in total. The minimum atomic E-state index is -2.56. The molecule has 0 saturated heterocycles. The van der Waals surface area contributed by atoms with Crippen molar-refractivity contribution in [1.29, 1.82) is 0 Å². The van der Waals surface area contributed by atoms with Crippen LogP contribution in [0, 0.1) is 5.82 Å². The molecule has 1 aromatic rings. The first kappa shape index (κ1) is 11.0. The van der Waals surface area contributed by atoms with Gasteiger partial charge in [-0.3, -0.25) is 0 Å². The van der Waals surface area contributed by atoms with Crippen LogP contribution in [0.4, 0.5) is 13.2 Å². The number of hydrogen-bond acceptors (Lipinski definition) is 1. The maximum absolute atomic E-state index is 12.5. The number of halogens is 3. The minimum Gasteiger partial charge on any atom is -0.322 e. The van der Waals surface area contributed by atoms with Gasteiger partial charge in [0.2, 0.25) is 0 Å². The second-order valence-electron chi connectivity index (χ2n) is 3.25. The van der Waals surface area contributed by atoms with Crippen LogP contribution in [0.5, 0.6) is 0 Å². The largest absolute Gasteiger partial charge is 0.322 e. The quantitative estimate of drug-likeness (QED) is 0.802. The van der Waals surface area contributed by atoms with E-state index in [1.807, 2.05) is 0 Å². The maximum Gasteiger partial charge on any atom is 0.254 e. The normalized spacial score (nSPS) is 15.6. The van der Waals surface area contributed by atoms with Crippen LogP contribution in [0.15, 0.2) is 24.3 Å². The fraction of sp³-hybridized carbons (Fsp3) is 0.400. The number of hydrogen-bond donors (Lipinski definition) is 1. The molecule has 0 aromatic heterocycles. The molecule has 14 heavy (non-hydrogen) atoms. The van der Waals surface area contributed by atoms with Crippen molar-refractivity contribution in [2.45, 2.75) is 25.3 Å². The van der Waals surface area contributed by atoms with Crippen molar-refractivity contribution in [3.05, 3.63) is 35.6 Å². The molecule has 0 spiro atoms. The van der Waals surface area contributed by atoms with Crippen LogP contribution in [-0.2, 0) is 0 Å². The summed E-state index contributed by atoms with van der Waals surface area (Å²) in [5.41, 5.74) is 5.91. The van der Waals surface area contributed by atoms with E-state index in [0.717, 1.165) is 0 Å². The Morgan fingerprint density at radius 2 is 1.64 bits per heavy atom. The lowest BCUT2D eigenvalue weighted by molar-refractivity contribution is 0.106. The molecule has 2 atom stereocenters. The van der Waals surface area contributed by atoms with Crippen molar-refractivity contribution in [1.82, 2.24) is 0 Å². The van der Waals surface area contributed by atoms with Crippen molar-refractivity contribution in [2.75, 3.05) is 0 Å². The zero-order valence-corrected chi connectivity index (χ0v) is 7.75. The van der Waals surface area contributed by atoms with E-state index < -0.39 is 18.4 Å². The Kier molecular flexibility index (Phi) is 3.52. The third-order valence-corrected chi connectivity index (χ3v) is 2.26. The second-order valence-corrected chi connectivity index (χ2v) is 3.25. The molecule has 0 heterocycles. The average molecular weight is 203 g/mol. The molecule has 78 valence electrons. The molecule has 4 heteroatoms. The summed E-state index contributed by atoms with van der Waals surface area (Å²) >= 11 is 0. The van der Waals surface area contributed by atoms with Gasteiger partial charge in [0.1, 0.15) is 5.82 Å². The summed E-state index contributed by atoms with van der Waals surface area (Å²) in [7, 11) is 0. The molecule has 0 aliphatic rings. The van der Waals surface area contributed by atoms with E-state index >= 15 is 0 Å². The Labute approximate surface area is 80.7 Å². The predicted molar refractivity (Wildman–Crippen MR) is 48.8 cm³/mol. The molecule has 2 unspecified atom stereocenters. The van der Waals surface area contributed by atoms with Crippen LogP contribution < -0.4 is 5.73 Å². The summed E-state index contributed by atoms with van der Waals surface area (Å²) < 4.78 is 37.0. The van der Waals surface area contributed by atoms with Gasteiger partial charge in [-0.05, 0) is 17.7 Å². The third kappa shape index (κ3) is 2.48. The highest BCUT2D eigenvalue weighted by Gasteiger charge is 2.23. The highest BCUT2D eigenvalue weighted by atomic mass is 19.3. The van der Waals surface area contributed by atoms with Crippen LogP contribution in [0.3, 0.4) is 0 Å². The van der Waals surface area contributed by atoms with E-state index in [4.69, 9.17) is 5.73 Å². The van der Waals surface area contributed by atoms with Crippen molar-refractivity contribution in [2.24, 2.45) is 5.73 Å². The molecule has 0 saturated carbocycles. The highest BCUT2D eigenvalue weighted by molar-refractivity contribution is 5.21. The van der Waals surface area contributed by atoms with E-state index in [2.05, 4.69) is 0 Å². The zero-order chi connectivity index (χ0) is 10.7. The Balaban J connectivity index is 2.78. The molecule has 0 fully saturated rings. The van der Waals surface area contributed by atoms with Crippen LogP contribution in [0.25, 0.3) is 0 Å². The number of benzene rings is 1. The van der Waals surface area contributed by atoms with Gasteiger partial charge < -0.3 is 5.73 Å². The highest BCUT2D eigenvalue weighted by Crippen LogP contribution is 2.21. The van der Waals surface area contributed by atoms with Gasteiger partial charge in [0.25, 0.3) is 6.43 Å². The molecule has 1 rings (SSSR count). The first-order valence-corrected chi connectivity index (χ1v) is 4.31. The molecule has 1 aromatic carbocycles. The molecular formula is C10H12F3N. The first-order valence-electron chi connectivity index (χ1n) is 4.31. The average Bonchev–Trinajstić information content (AvgIpc) is 2.16. The zero-order valence-electron chi connectivity index (χ0n) is 7.75. The smallest absolute Gasteiger partial charge is 0.254 e. The lowest BCUT2D eigenvalue weighted by Gasteiger charge is -2.19. The van der Waals surface area contributed by atoms with Gasteiger partial charge in [0.05, 0.1) is 6.04 Å². The van der Waals surface area contributed by atoms with Crippen LogP contribution >= 0.6 is 0 Å². The number of alkyl halides is 2. The number of rotatable bonds is 3. The van der Waals surface area contributed by atoms with E-state index in [1.165, 1.54) is 24.3 Å². The van der Waals surface area contributed by atoms with E-state index in [1.54, 1.807) is 6.92 Å². The Morgan fingerprint density at radius 1 is 1.14 bits per heavy atom. The van der Waals surface area contributed by atoms with Gasteiger partial charge in [0.15, 0.2) is 0 Å². The molecular weight excluding hydrogens is 191 g/mol. The van der Waals surface area contributed by atoms with Gasteiger partial charge in [-0.1, -0.05) is 19.1 Å². The number of nitrogens with two attached hydrogens (primary N) is 1. The minimum absolute atomic E-state index is 0.383. The predicted octanol–water partition coefficient (Wildman–Crippen LogP) is 2.52. The summed E-state index contributed by atoms with van der Waals surface area (Å²) in [5, 5.41) is 0. The van der Waals surface area contributed by atoms with Crippen molar-refractivity contribution < 1.29 is 13.2 Å². The van der Waals surface area contributed by atoms with Crippen molar-refractivity contribution in [3.8, 4) is 0 Å². The second kappa shape index (κ2) is 4.46. The van der Waals surface area contributed by atoms with Crippen molar-refractivity contribution in [3.63, 3.8) is 0 Å². The van der Waals surface area contributed by atoms with Crippen LogP contribution in [0.2, 0.25) is 0 Å². The summed E-state index contributed by atoms with van der Waals surface area (Å²) in [6.45, 7) is 1.60. The SMILES string of the molecule is CC(c1ccc(F)cc1)C(N)C(F)F. The van der Waals surface area contributed by atoms with Gasteiger partial charge >= 0.3 is 0 Å². The van der Waals surface area contributed by atoms with Gasteiger partial charge in [0, 0.05) is 5.92 Å². The summed E-state index contributed by atoms with van der Waals surface area (Å²) in [6, 6.07) is 4.22. The molecule has 0 bridgehead atoms. The standard InChI is InChI=1S/C10H12F3N/c1-6(9(14)10(12)13)7-2-4-8(11)5-3-7/h2-6,9-10H,14H2,1H3. The molecule has 0 radical (unpaired) electrons. The lowest BCUT2D eigenvalue weighted by Crippen LogP contribution is -2.34. The lowest BCUT2D eigenvalue weighted by atomic mass is 9.94. The monoisotopic (exact) mass is 203 g/mol. The van der Waals surface area contributed by atoms with Crippen LogP contribution in [-0.4, -0.2) is 12.5 Å². The van der Waals surface area contributed by atoms with E-state index in [9.17, 15) is 13.2 Å². The Bertz CT molecular complexity index is 284. The van der Waals surface area contributed by atoms with Crippen LogP contribution in [0.1, 0.15) is 18.4 Å². The van der Waals surface area contributed by atoms with Gasteiger partial charge in [-0.2, -0.15) is 0 Å². The first-order chi connectivity index (χ1) is 6.52. The third-order valence-electron chi connectivity index (χ3n) is 2.26. The maximum atomic E-state index is 12.5. The fourth-order valence-corrected chi connectivity index (χ4v) is 1.21. The Morgan fingerprint density at radius 3 is 2.07 bits per heavy atom. The summed E-state index contributed by atoms with van der Waals surface area (Å²) in [6.07, 6.45) is -2.56. The van der Waals surface area contributed by atoms with E-state index in [0.29, 0.717) is 5.56 Å². The molecule has 0 aliphatic heterocycles. The fourth-order valence-electron chi connectivity index (χ4n) is 1.21. The summed E-state index contributed by atoms with van der Waals surface area (Å²) in [5.74, 6) is -0.859. The molecule has 0 amide bonds.